The number of benzene rings is 2. The predicted molar refractivity (Wildman–Crippen MR) is 107 cm³/mol. The Morgan fingerprint density at radius 2 is 1.93 bits per heavy atom. The number of nitrogens with one attached hydrogen (secondary N) is 1. The Balaban J connectivity index is 1.57. The number of amides is 1. The van der Waals surface area contributed by atoms with Crippen molar-refractivity contribution in [1.29, 1.82) is 0 Å². The number of hydrazone groups is 1. The Morgan fingerprint density at radius 1 is 1.15 bits per heavy atom. The van der Waals surface area contributed by atoms with Crippen molar-refractivity contribution < 1.29 is 14.3 Å². The quantitative estimate of drug-likeness (QED) is 0.515. The molecule has 6 nitrogen and oxygen atoms in total. The van der Waals surface area contributed by atoms with Crippen LogP contribution in [0.3, 0.4) is 0 Å². The number of para-hydroxylation sites is 1. The molecule has 1 N–H and O–H groups in total. The zero-order valence-corrected chi connectivity index (χ0v) is 15.7. The molecule has 3 rings (SSSR count). The first-order valence-corrected chi connectivity index (χ1v) is 8.70. The summed E-state index contributed by atoms with van der Waals surface area (Å²) >= 11 is 0. The molecule has 3 aromatic rings. The highest BCUT2D eigenvalue weighted by molar-refractivity contribution is 5.85. The first kappa shape index (κ1) is 18.5. The van der Waals surface area contributed by atoms with E-state index in [9.17, 15) is 4.79 Å². The zero-order valence-electron chi connectivity index (χ0n) is 15.7. The van der Waals surface area contributed by atoms with Crippen LogP contribution in [-0.2, 0) is 11.3 Å². The van der Waals surface area contributed by atoms with E-state index in [4.69, 9.17) is 9.47 Å². The van der Waals surface area contributed by atoms with Gasteiger partial charge in [-0.15, -0.1) is 0 Å². The standard InChI is InChI=1S/C21H23N3O3/c1-15-14-24(18-7-5-4-6-17(15)18)11-10-21(25)23-22-13-16-8-9-19(26-2)20(12-16)27-3/h4-9,12-14H,10-11H2,1-3H3,(H,23,25)/b22-13-. The maximum atomic E-state index is 12.1. The summed E-state index contributed by atoms with van der Waals surface area (Å²) in [6.45, 7) is 2.68. The molecule has 0 spiro atoms. The van der Waals surface area contributed by atoms with E-state index in [2.05, 4.69) is 40.3 Å². The highest BCUT2D eigenvalue weighted by Gasteiger charge is 2.07. The molecule has 0 saturated carbocycles. The van der Waals surface area contributed by atoms with Crippen LogP contribution in [0.15, 0.2) is 53.8 Å². The summed E-state index contributed by atoms with van der Waals surface area (Å²) in [5.41, 5.74) is 5.71. The van der Waals surface area contributed by atoms with Gasteiger partial charge in [-0.1, -0.05) is 18.2 Å². The number of aromatic nitrogens is 1. The van der Waals surface area contributed by atoms with Crippen molar-refractivity contribution in [3.05, 3.63) is 59.8 Å². The first-order chi connectivity index (χ1) is 13.1. The highest BCUT2D eigenvalue weighted by atomic mass is 16.5. The molecule has 0 atom stereocenters. The SMILES string of the molecule is COc1ccc(/C=N\NC(=O)CCn2cc(C)c3ccccc32)cc1OC. The number of fused-ring (bicyclic) bond motifs is 1. The molecule has 1 amide bonds. The van der Waals surface area contributed by atoms with E-state index in [1.54, 1.807) is 32.6 Å². The molecular weight excluding hydrogens is 342 g/mol. The van der Waals surface area contributed by atoms with Gasteiger partial charge in [0.05, 0.1) is 20.4 Å². The van der Waals surface area contributed by atoms with E-state index in [0.29, 0.717) is 24.5 Å². The Bertz CT molecular complexity index is 976. The van der Waals surface area contributed by atoms with E-state index in [1.807, 2.05) is 18.2 Å². The summed E-state index contributed by atoms with van der Waals surface area (Å²) in [6.07, 6.45) is 4.00. The number of rotatable bonds is 7. The third-order valence-electron chi connectivity index (χ3n) is 4.38. The van der Waals surface area contributed by atoms with Gasteiger partial charge in [0.2, 0.25) is 5.91 Å². The lowest BCUT2D eigenvalue weighted by atomic mass is 10.2. The Kier molecular flexibility index (Phi) is 5.76. The van der Waals surface area contributed by atoms with Gasteiger partial charge in [-0.25, -0.2) is 5.43 Å². The largest absolute Gasteiger partial charge is 0.493 e. The number of methoxy groups -OCH3 is 2. The van der Waals surface area contributed by atoms with Crippen molar-refractivity contribution in [1.82, 2.24) is 9.99 Å². The van der Waals surface area contributed by atoms with Crippen LogP contribution in [0.4, 0.5) is 0 Å². The zero-order chi connectivity index (χ0) is 19.2. The molecule has 0 fully saturated rings. The van der Waals surface area contributed by atoms with Gasteiger partial charge in [-0.2, -0.15) is 5.10 Å². The Hall–Kier alpha value is -3.28. The van der Waals surface area contributed by atoms with Crippen molar-refractivity contribution in [3.63, 3.8) is 0 Å². The highest BCUT2D eigenvalue weighted by Crippen LogP contribution is 2.26. The van der Waals surface area contributed by atoms with Crippen molar-refractivity contribution in [2.24, 2.45) is 5.10 Å². The molecule has 2 aromatic carbocycles. The molecule has 27 heavy (non-hydrogen) atoms. The topological polar surface area (TPSA) is 64.8 Å². The second-order valence-electron chi connectivity index (χ2n) is 6.18. The van der Waals surface area contributed by atoms with E-state index in [1.165, 1.54) is 10.9 Å². The van der Waals surface area contributed by atoms with Crippen LogP contribution < -0.4 is 14.9 Å². The third kappa shape index (κ3) is 4.28. The molecule has 0 radical (unpaired) electrons. The van der Waals surface area contributed by atoms with Gasteiger partial charge >= 0.3 is 0 Å². The molecule has 6 heteroatoms. The molecule has 0 unspecified atom stereocenters. The Labute approximate surface area is 158 Å². The summed E-state index contributed by atoms with van der Waals surface area (Å²) in [6, 6.07) is 13.6. The minimum absolute atomic E-state index is 0.137. The molecular formula is C21H23N3O3. The van der Waals surface area contributed by atoms with Gasteiger partial charge < -0.3 is 14.0 Å². The molecule has 0 aliphatic carbocycles. The van der Waals surface area contributed by atoms with Gasteiger partial charge in [0, 0.05) is 30.1 Å². The fourth-order valence-electron chi connectivity index (χ4n) is 3.01. The fourth-order valence-corrected chi connectivity index (χ4v) is 3.01. The normalized spacial score (nSPS) is 11.1. The lowest BCUT2D eigenvalue weighted by Gasteiger charge is -2.07. The summed E-state index contributed by atoms with van der Waals surface area (Å²) in [7, 11) is 3.16. The van der Waals surface area contributed by atoms with Crippen molar-refractivity contribution in [2.75, 3.05) is 14.2 Å². The number of aryl methyl sites for hydroxylation is 2. The molecule has 140 valence electrons. The van der Waals surface area contributed by atoms with Gasteiger partial charge in [-0.3, -0.25) is 4.79 Å². The smallest absolute Gasteiger partial charge is 0.241 e. The molecule has 0 saturated heterocycles. The number of carbonyl (C=O) groups is 1. The summed E-state index contributed by atoms with van der Waals surface area (Å²) in [5, 5.41) is 5.23. The van der Waals surface area contributed by atoms with Crippen molar-refractivity contribution >= 4 is 23.0 Å². The van der Waals surface area contributed by atoms with E-state index in [0.717, 1.165) is 11.1 Å². The average Bonchev–Trinajstić information content (AvgIpc) is 3.02. The van der Waals surface area contributed by atoms with Crippen molar-refractivity contribution in [3.8, 4) is 11.5 Å². The van der Waals surface area contributed by atoms with Crippen LogP contribution in [0, 0.1) is 6.92 Å². The van der Waals surface area contributed by atoms with Crippen LogP contribution in [0.25, 0.3) is 10.9 Å². The van der Waals surface area contributed by atoms with E-state index in [-0.39, 0.29) is 5.91 Å². The second-order valence-corrected chi connectivity index (χ2v) is 6.18. The summed E-state index contributed by atoms with van der Waals surface area (Å²) in [4.78, 5) is 12.1. The number of hydrogen-bond donors (Lipinski definition) is 1. The third-order valence-corrected chi connectivity index (χ3v) is 4.38. The average molecular weight is 365 g/mol. The molecule has 1 aromatic heterocycles. The Morgan fingerprint density at radius 3 is 2.70 bits per heavy atom. The number of carbonyl (C=O) groups excluding carboxylic acids is 1. The van der Waals surface area contributed by atoms with Gasteiger partial charge in [0.25, 0.3) is 0 Å². The van der Waals surface area contributed by atoms with Crippen LogP contribution in [0.1, 0.15) is 17.5 Å². The predicted octanol–water partition coefficient (Wildman–Crippen LogP) is 3.51. The molecule has 1 heterocycles. The fraction of sp³-hybridized carbons (Fsp3) is 0.238. The first-order valence-electron chi connectivity index (χ1n) is 8.70. The minimum atomic E-state index is -0.137. The minimum Gasteiger partial charge on any atom is -0.493 e. The van der Waals surface area contributed by atoms with Crippen LogP contribution >= 0.6 is 0 Å². The molecule has 0 aliphatic rings. The van der Waals surface area contributed by atoms with Crippen molar-refractivity contribution in [2.45, 2.75) is 19.9 Å². The lowest BCUT2D eigenvalue weighted by Crippen LogP contribution is -2.19. The summed E-state index contributed by atoms with van der Waals surface area (Å²) in [5.74, 6) is 1.12. The van der Waals surface area contributed by atoms with Crippen LogP contribution in [0.5, 0.6) is 11.5 Å². The molecule has 0 aliphatic heterocycles. The maximum Gasteiger partial charge on any atom is 0.241 e. The number of hydrogen-bond acceptors (Lipinski definition) is 4. The van der Waals surface area contributed by atoms with E-state index >= 15 is 0 Å². The van der Waals surface area contributed by atoms with Crippen LogP contribution in [-0.4, -0.2) is 30.9 Å². The maximum absolute atomic E-state index is 12.1. The number of ether oxygens (including phenoxy) is 2. The summed E-state index contributed by atoms with van der Waals surface area (Å²) < 4.78 is 12.6. The van der Waals surface area contributed by atoms with Crippen LogP contribution in [0.2, 0.25) is 0 Å². The molecule has 0 bridgehead atoms. The van der Waals surface area contributed by atoms with Gasteiger partial charge in [-0.05, 0) is 42.3 Å². The lowest BCUT2D eigenvalue weighted by molar-refractivity contribution is -0.121. The monoisotopic (exact) mass is 365 g/mol. The number of nitrogens with zero attached hydrogens (tertiary/aromatic N) is 2. The van der Waals surface area contributed by atoms with Gasteiger partial charge in [0.15, 0.2) is 11.5 Å². The second kappa shape index (κ2) is 8.40. The van der Waals surface area contributed by atoms with E-state index < -0.39 is 0 Å². The van der Waals surface area contributed by atoms with Gasteiger partial charge in [0.1, 0.15) is 0 Å².